The lowest BCUT2D eigenvalue weighted by molar-refractivity contribution is -0.137. The summed E-state index contributed by atoms with van der Waals surface area (Å²) in [7, 11) is 0. The van der Waals surface area contributed by atoms with E-state index in [0.29, 0.717) is 25.0 Å². The maximum atomic E-state index is 12.7. The number of carbonyl (C=O) groups excluding carboxylic acids is 2. The van der Waals surface area contributed by atoms with Gasteiger partial charge in [0.2, 0.25) is 0 Å². The van der Waals surface area contributed by atoms with E-state index < -0.39 is 5.97 Å². The van der Waals surface area contributed by atoms with Crippen LogP contribution in [0.2, 0.25) is 0 Å². The Kier molecular flexibility index (Phi) is 4.94. The summed E-state index contributed by atoms with van der Waals surface area (Å²) in [6, 6.07) is 18.3. The number of esters is 2. The summed E-state index contributed by atoms with van der Waals surface area (Å²) in [5.41, 5.74) is 0.573. The Balaban J connectivity index is 1.53. The van der Waals surface area contributed by atoms with Crippen molar-refractivity contribution in [2.75, 3.05) is 13.2 Å². The van der Waals surface area contributed by atoms with Crippen molar-refractivity contribution in [2.45, 2.75) is 12.8 Å². The number of ether oxygens (including phenoxy) is 2. The molecule has 4 aromatic rings. The first-order valence-corrected chi connectivity index (χ1v) is 9.32. The van der Waals surface area contributed by atoms with Gasteiger partial charge in [-0.15, -0.1) is 0 Å². The molecule has 4 nitrogen and oxygen atoms in total. The highest BCUT2D eigenvalue weighted by molar-refractivity contribution is 6.25. The second kappa shape index (κ2) is 7.69. The summed E-state index contributed by atoms with van der Waals surface area (Å²) >= 11 is 0. The highest BCUT2D eigenvalue weighted by Gasteiger charge is 2.15. The lowest BCUT2D eigenvalue weighted by atomic mass is 9.92. The smallest absolute Gasteiger partial charge is 0.338 e. The Labute approximate surface area is 162 Å². The number of carbonyl (C=O) groups is 2. The molecule has 4 aromatic carbocycles. The second-order valence-electron chi connectivity index (χ2n) is 6.68. The summed E-state index contributed by atoms with van der Waals surface area (Å²) in [6.07, 6.45) is 2.39. The zero-order valence-electron chi connectivity index (χ0n) is 15.4. The standard InChI is InChI=1S/C24H20O4/c1-2-21(25)27-14-3-4-15-28-24(26)20-13-11-18-9-8-16-6-5-7-17-10-12-19(20)23(18)22(16)17/h2,5-13H,1,3-4,14-15H2. The molecule has 0 amide bonds. The van der Waals surface area contributed by atoms with E-state index in [2.05, 4.69) is 36.9 Å². The van der Waals surface area contributed by atoms with Crippen molar-refractivity contribution in [1.82, 2.24) is 0 Å². The SMILES string of the molecule is C=CC(=O)OCCCCOC(=O)c1ccc2ccc3cccc4ccc1c2c34. The predicted octanol–water partition coefficient (Wildman–Crippen LogP) is 5.25. The van der Waals surface area contributed by atoms with E-state index in [9.17, 15) is 9.59 Å². The minimum Gasteiger partial charge on any atom is -0.463 e. The molecule has 4 rings (SSSR count). The summed E-state index contributed by atoms with van der Waals surface area (Å²) in [6.45, 7) is 3.92. The third kappa shape index (κ3) is 3.29. The Morgan fingerprint density at radius 1 is 0.786 bits per heavy atom. The highest BCUT2D eigenvalue weighted by Crippen LogP contribution is 2.36. The molecule has 0 radical (unpaired) electrons. The van der Waals surface area contributed by atoms with Crippen molar-refractivity contribution in [1.29, 1.82) is 0 Å². The van der Waals surface area contributed by atoms with Gasteiger partial charge in [0.15, 0.2) is 0 Å². The fourth-order valence-electron chi connectivity index (χ4n) is 3.59. The number of benzene rings is 4. The quantitative estimate of drug-likeness (QED) is 0.192. The molecule has 140 valence electrons. The van der Waals surface area contributed by atoms with E-state index in [0.717, 1.165) is 33.0 Å². The summed E-state index contributed by atoms with van der Waals surface area (Å²) in [5.74, 6) is -0.772. The van der Waals surface area contributed by atoms with E-state index in [-0.39, 0.29) is 12.6 Å². The second-order valence-corrected chi connectivity index (χ2v) is 6.68. The fraction of sp³-hybridized carbons (Fsp3) is 0.167. The summed E-state index contributed by atoms with van der Waals surface area (Å²) in [4.78, 5) is 23.6. The number of unbranched alkanes of at least 4 members (excludes halogenated alkanes) is 1. The molecule has 4 heteroatoms. The van der Waals surface area contributed by atoms with Crippen molar-refractivity contribution in [2.24, 2.45) is 0 Å². The summed E-state index contributed by atoms with van der Waals surface area (Å²) < 4.78 is 10.4. The summed E-state index contributed by atoms with van der Waals surface area (Å²) in [5, 5.41) is 6.62. The van der Waals surface area contributed by atoms with E-state index in [1.807, 2.05) is 24.3 Å². The van der Waals surface area contributed by atoms with Crippen LogP contribution in [0.3, 0.4) is 0 Å². The maximum Gasteiger partial charge on any atom is 0.338 e. The van der Waals surface area contributed by atoms with Gasteiger partial charge < -0.3 is 9.47 Å². The van der Waals surface area contributed by atoms with E-state index in [1.165, 1.54) is 5.39 Å². The van der Waals surface area contributed by atoms with Crippen LogP contribution in [-0.4, -0.2) is 25.2 Å². The normalized spacial score (nSPS) is 11.1. The molecule has 0 bridgehead atoms. The van der Waals surface area contributed by atoms with Crippen LogP contribution in [0.4, 0.5) is 0 Å². The van der Waals surface area contributed by atoms with Crippen LogP contribution in [0.15, 0.2) is 67.3 Å². The van der Waals surface area contributed by atoms with Crippen LogP contribution < -0.4 is 0 Å². The average molecular weight is 372 g/mol. The Bertz CT molecular complexity index is 1160. The van der Waals surface area contributed by atoms with Crippen LogP contribution in [0, 0.1) is 0 Å². The van der Waals surface area contributed by atoms with Crippen molar-refractivity contribution < 1.29 is 19.1 Å². The van der Waals surface area contributed by atoms with Gasteiger partial charge in [-0.1, -0.05) is 55.1 Å². The van der Waals surface area contributed by atoms with Gasteiger partial charge in [0, 0.05) is 6.08 Å². The van der Waals surface area contributed by atoms with Gasteiger partial charge >= 0.3 is 11.9 Å². The third-order valence-corrected chi connectivity index (χ3v) is 4.93. The molecule has 0 fully saturated rings. The first kappa shape index (κ1) is 18.0. The molecule has 0 saturated carbocycles. The van der Waals surface area contributed by atoms with Gasteiger partial charge in [-0.2, -0.15) is 0 Å². The van der Waals surface area contributed by atoms with E-state index >= 15 is 0 Å². The number of hydrogen-bond donors (Lipinski definition) is 0. The number of rotatable bonds is 7. The molecule has 0 spiro atoms. The van der Waals surface area contributed by atoms with Gasteiger partial charge in [-0.25, -0.2) is 9.59 Å². The molecule has 0 heterocycles. The van der Waals surface area contributed by atoms with Crippen LogP contribution >= 0.6 is 0 Å². The predicted molar refractivity (Wildman–Crippen MR) is 111 cm³/mol. The molecule has 0 aromatic heterocycles. The molecule has 28 heavy (non-hydrogen) atoms. The van der Waals surface area contributed by atoms with Gasteiger partial charge in [0.1, 0.15) is 0 Å². The molecular weight excluding hydrogens is 352 g/mol. The largest absolute Gasteiger partial charge is 0.463 e. The minimum absolute atomic E-state index is 0.284. The van der Waals surface area contributed by atoms with E-state index in [4.69, 9.17) is 9.47 Å². The van der Waals surface area contributed by atoms with Crippen LogP contribution in [0.1, 0.15) is 23.2 Å². The first-order valence-electron chi connectivity index (χ1n) is 9.32. The molecule has 0 aliphatic heterocycles. The molecule has 0 aliphatic carbocycles. The van der Waals surface area contributed by atoms with Crippen molar-refractivity contribution >= 4 is 44.3 Å². The zero-order chi connectivity index (χ0) is 19.5. The third-order valence-electron chi connectivity index (χ3n) is 4.93. The molecule has 0 atom stereocenters. The lowest BCUT2D eigenvalue weighted by Crippen LogP contribution is -2.08. The van der Waals surface area contributed by atoms with Crippen molar-refractivity contribution in [3.05, 3.63) is 72.8 Å². The molecule has 0 saturated heterocycles. The fourth-order valence-corrected chi connectivity index (χ4v) is 3.59. The first-order chi connectivity index (χ1) is 13.7. The van der Waals surface area contributed by atoms with Crippen LogP contribution in [0.25, 0.3) is 32.3 Å². The Morgan fingerprint density at radius 3 is 2.11 bits per heavy atom. The molecular formula is C24H20O4. The van der Waals surface area contributed by atoms with Gasteiger partial charge in [0.25, 0.3) is 0 Å². The molecule has 0 unspecified atom stereocenters. The maximum absolute atomic E-state index is 12.7. The average Bonchev–Trinajstić information content (AvgIpc) is 2.74. The Hall–Kier alpha value is -3.40. The number of hydrogen-bond acceptors (Lipinski definition) is 4. The monoisotopic (exact) mass is 372 g/mol. The van der Waals surface area contributed by atoms with Gasteiger partial charge in [-0.3, -0.25) is 0 Å². The van der Waals surface area contributed by atoms with E-state index in [1.54, 1.807) is 0 Å². The van der Waals surface area contributed by atoms with Gasteiger partial charge in [-0.05, 0) is 51.2 Å². The Morgan fingerprint density at radius 2 is 1.39 bits per heavy atom. The topological polar surface area (TPSA) is 52.6 Å². The van der Waals surface area contributed by atoms with Crippen molar-refractivity contribution in [3.8, 4) is 0 Å². The molecule has 0 aliphatic rings. The van der Waals surface area contributed by atoms with Gasteiger partial charge in [0.05, 0.1) is 18.8 Å². The lowest BCUT2D eigenvalue weighted by Gasteiger charge is -2.13. The highest BCUT2D eigenvalue weighted by atomic mass is 16.5. The zero-order valence-corrected chi connectivity index (χ0v) is 15.4. The van der Waals surface area contributed by atoms with Crippen LogP contribution in [0.5, 0.6) is 0 Å². The van der Waals surface area contributed by atoms with Crippen LogP contribution in [-0.2, 0) is 14.3 Å². The molecule has 0 N–H and O–H groups in total. The minimum atomic E-state index is -0.439. The van der Waals surface area contributed by atoms with Crippen molar-refractivity contribution in [3.63, 3.8) is 0 Å².